The molecule has 5 nitrogen and oxygen atoms in total. The SMILES string of the molecule is CCC(NCc1ccc2c(c1)N=C(N)C(C)O2)NC(C)C. The molecule has 116 valence electrons. The molecule has 0 amide bonds. The van der Waals surface area contributed by atoms with E-state index in [0.717, 1.165) is 24.4 Å². The fraction of sp³-hybridized carbons (Fsp3) is 0.562. The summed E-state index contributed by atoms with van der Waals surface area (Å²) in [6.07, 6.45) is 1.20. The molecule has 1 aliphatic heterocycles. The Bertz CT molecular complexity index is 513. The number of benzene rings is 1. The van der Waals surface area contributed by atoms with Crippen LogP contribution in [-0.2, 0) is 6.54 Å². The van der Waals surface area contributed by atoms with Crippen LogP contribution in [0, 0.1) is 0 Å². The number of nitrogens with one attached hydrogen (secondary N) is 2. The topological polar surface area (TPSA) is 71.7 Å². The zero-order chi connectivity index (χ0) is 15.4. The van der Waals surface area contributed by atoms with Crippen molar-refractivity contribution < 1.29 is 4.74 Å². The Hall–Kier alpha value is -1.59. The second-order valence-corrected chi connectivity index (χ2v) is 5.76. The van der Waals surface area contributed by atoms with Crippen molar-refractivity contribution in [1.82, 2.24) is 10.6 Å². The van der Waals surface area contributed by atoms with Crippen molar-refractivity contribution in [3.8, 4) is 5.75 Å². The van der Waals surface area contributed by atoms with E-state index in [1.54, 1.807) is 0 Å². The van der Waals surface area contributed by atoms with Crippen molar-refractivity contribution in [2.75, 3.05) is 0 Å². The zero-order valence-electron chi connectivity index (χ0n) is 13.3. The van der Waals surface area contributed by atoms with Crippen LogP contribution in [0.5, 0.6) is 5.75 Å². The van der Waals surface area contributed by atoms with Crippen LogP contribution in [0.15, 0.2) is 23.2 Å². The highest BCUT2D eigenvalue weighted by atomic mass is 16.5. The molecule has 0 saturated carbocycles. The number of amidine groups is 1. The van der Waals surface area contributed by atoms with Crippen LogP contribution in [0.25, 0.3) is 0 Å². The largest absolute Gasteiger partial charge is 0.481 e. The molecule has 2 unspecified atom stereocenters. The Morgan fingerprint density at radius 2 is 2.14 bits per heavy atom. The molecule has 0 fully saturated rings. The number of nitrogens with two attached hydrogens (primary N) is 1. The number of aliphatic imine (C=N–C) groups is 1. The first kappa shape index (κ1) is 15.8. The van der Waals surface area contributed by atoms with E-state index < -0.39 is 0 Å². The number of fused-ring (bicyclic) bond motifs is 1. The molecule has 1 aliphatic rings. The fourth-order valence-electron chi connectivity index (χ4n) is 2.31. The molecule has 0 bridgehead atoms. The Kier molecular flexibility index (Phi) is 5.20. The lowest BCUT2D eigenvalue weighted by Crippen LogP contribution is -2.44. The molecule has 2 atom stereocenters. The molecule has 1 aromatic rings. The van der Waals surface area contributed by atoms with Gasteiger partial charge in [0.15, 0.2) is 6.10 Å². The summed E-state index contributed by atoms with van der Waals surface area (Å²) in [5, 5.41) is 7.00. The van der Waals surface area contributed by atoms with Gasteiger partial charge in [-0.15, -0.1) is 0 Å². The van der Waals surface area contributed by atoms with Crippen LogP contribution in [0.4, 0.5) is 5.69 Å². The summed E-state index contributed by atoms with van der Waals surface area (Å²) in [6.45, 7) is 9.16. The van der Waals surface area contributed by atoms with Gasteiger partial charge < -0.3 is 10.5 Å². The quantitative estimate of drug-likeness (QED) is 0.703. The van der Waals surface area contributed by atoms with Crippen molar-refractivity contribution in [3.63, 3.8) is 0 Å². The van der Waals surface area contributed by atoms with E-state index >= 15 is 0 Å². The molecule has 5 heteroatoms. The minimum Gasteiger partial charge on any atom is -0.481 e. The third-order valence-electron chi connectivity index (χ3n) is 3.49. The standard InChI is InChI=1S/C16H26N4O/c1-5-15(19-10(2)3)18-9-12-6-7-14-13(8-12)20-16(17)11(4)21-14/h6-8,10-11,15,18-19H,5,9H2,1-4H3,(H2,17,20). The van der Waals surface area contributed by atoms with Crippen molar-refractivity contribution in [2.45, 2.75) is 59.0 Å². The summed E-state index contributed by atoms with van der Waals surface area (Å²) in [7, 11) is 0. The minimum absolute atomic E-state index is 0.152. The molecule has 21 heavy (non-hydrogen) atoms. The molecule has 0 aliphatic carbocycles. The van der Waals surface area contributed by atoms with E-state index in [0.29, 0.717) is 18.0 Å². The number of hydrogen-bond donors (Lipinski definition) is 3. The molecule has 1 aromatic carbocycles. The molecule has 4 N–H and O–H groups in total. The maximum absolute atomic E-state index is 5.84. The van der Waals surface area contributed by atoms with Gasteiger partial charge in [0, 0.05) is 12.6 Å². The average Bonchev–Trinajstić information content (AvgIpc) is 2.44. The summed E-state index contributed by atoms with van der Waals surface area (Å²) < 4.78 is 5.71. The molecule has 0 spiro atoms. The van der Waals surface area contributed by atoms with Crippen LogP contribution in [0.2, 0.25) is 0 Å². The lowest BCUT2D eigenvalue weighted by atomic mass is 10.1. The summed E-state index contributed by atoms with van der Waals surface area (Å²) in [5.41, 5.74) is 7.83. The lowest BCUT2D eigenvalue weighted by Gasteiger charge is -2.23. The van der Waals surface area contributed by atoms with Gasteiger partial charge >= 0.3 is 0 Å². The van der Waals surface area contributed by atoms with E-state index in [1.165, 1.54) is 5.56 Å². The summed E-state index contributed by atoms with van der Waals surface area (Å²) in [6, 6.07) is 6.53. The van der Waals surface area contributed by atoms with E-state index in [9.17, 15) is 0 Å². The van der Waals surface area contributed by atoms with Crippen LogP contribution < -0.4 is 21.1 Å². The fourth-order valence-corrected chi connectivity index (χ4v) is 2.31. The van der Waals surface area contributed by atoms with Crippen molar-refractivity contribution in [2.24, 2.45) is 10.7 Å². The Morgan fingerprint density at radius 3 is 2.81 bits per heavy atom. The van der Waals surface area contributed by atoms with Gasteiger partial charge in [-0.05, 0) is 44.9 Å². The van der Waals surface area contributed by atoms with Gasteiger partial charge in [-0.25, -0.2) is 4.99 Å². The molecular formula is C16H26N4O. The first-order valence-corrected chi connectivity index (χ1v) is 7.62. The number of hydrogen-bond acceptors (Lipinski definition) is 5. The average molecular weight is 290 g/mol. The number of ether oxygens (including phenoxy) is 1. The lowest BCUT2D eigenvalue weighted by molar-refractivity contribution is 0.281. The van der Waals surface area contributed by atoms with Gasteiger partial charge in [-0.2, -0.15) is 0 Å². The predicted octanol–water partition coefficient (Wildman–Crippen LogP) is 2.28. The van der Waals surface area contributed by atoms with Crippen LogP contribution in [0.3, 0.4) is 0 Å². The normalized spacial score (nSPS) is 18.9. The minimum atomic E-state index is -0.152. The summed E-state index contributed by atoms with van der Waals surface area (Å²) in [5.74, 6) is 1.33. The van der Waals surface area contributed by atoms with E-state index in [2.05, 4.69) is 42.5 Å². The third kappa shape index (κ3) is 4.19. The molecule has 0 aromatic heterocycles. The van der Waals surface area contributed by atoms with Crippen molar-refractivity contribution in [3.05, 3.63) is 23.8 Å². The van der Waals surface area contributed by atoms with Gasteiger partial charge in [0.05, 0.1) is 6.17 Å². The summed E-state index contributed by atoms with van der Waals surface area (Å²) in [4.78, 5) is 4.41. The molecular weight excluding hydrogens is 264 g/mol. The van der Waals surface area contributed by atoms with Gasteiger partial charge in [-0.1, -0.05) is 13.0 Å². The van der Waals surface area contributed by atoms with E-state index in [4.69, 9.17) is 10.5 Å². The molecule has 0 radical (unpaired) electrons. The van der Waals surface area contributed by atoms with E-state index in [-0.39, 0.29) is 6.10 Å². The predicted molar refractivity (Wildman–Crippen MR) is 87.0 cm³/mol. The second kappa shape index (κ2) is 6.91. The molecule has 0 saturated heterocycles. The maximum Gasteiger partial charge on any atom is 0.153 e. The first-order valence-electron chi connectivity index (χ1n) is 7.62. The molecule has 2 rings (SSSR count). The van der Waals surface area contributed by atoms with Gasteiger partial charge in [-0.3, -0.25) is 10.6 Å². The van der Waals surface area contributed by atoms with Gasteiger partial charge in [0.1, 0.15) is 17.3 Å². The van der Waals surface area contributed by atoms with Crippen LogP contribution in [0.1, 0.15) is 39.7 Å². The molecule has 1 heterocycles. The van der Waals surface area contributed by atoms with Gasteiger partial charge in [0.2, 0.25) is 0 Å². The highest BCUT2D eigenvalue weighted by Crippen LogP contribution is 2.32. The van der Waals surface area contributed by atoms with Crippen molar-refractivity contribution >= 4 is 11.5 Å². The number of rotatable bonds is 6. The van der Waals surface area contributed by atoms with Crippen LogP contribution in [-0.4, -0.2) is 24.1 Å². The highest BCUT2D eigenvalue weighted by Gasteiger charge is 2.18. The smallest absolute Gasteiger partial charge is 0.153 e. The zero-order valence-corrected chi connectivity index (χ0v) is 13.3. The van der Waals surface area contributed by atoms with E-state index in [1.807, 2.05) is 19.1 Å². The van der Waals surface area contributed by atoms with Gasteiger partial charge in [0.25, 0.3) is 0 Å². The Labute approximate surface area is 127 Å². The Morgan fingerprint density at radius 1 is 1.38 bits per heavy atom. The Balaban J connectivity index is 2.02. The first-order chi connectivity index (χ1) is 9.99. The maximum atomic E-state index is 5.84. The monoisotopic (exact) mass is 290 g/mol. The highest BCUT2D eigenvalue weighted by molar-refractivity contribution is 5.89. The van der Waals surface area contributed by atoms with Crippen molar-refractivity contribution in [1.29, 1.82) is 0 Å². The number of nitrogens with zero attached hydrogens (tertiary/aromatic N) is 1. The second-order valence-electron chi connectivity index (χ2n) is 5.76. The summed E-state index contributed by atoms with van der Waals surface area (Å²) >= 11 is 0. The van der Waals surface area contributed by atoms with Crippen LogP contribution >= 0.6 is 0 Å². The third-order valence-corrected chi connectivity index (χ3v) is 3.49.